The molecule has 4 aromatic carbocycles. The number of aromatic nitrogens is 1. The van der Waals surface area contributed by atoms with Gasteiger partial charge in [0.15, 0.2) is 0 Å². The van der Waals surface area contributed by atoms with E-state index in [0.29, 0.717) is 49.2 Å². The van der Waals surface area contributed by atoms with Crippen LogP contribution in [0, 0.1) is 5.41 Å². The van der Waals surface area contributed by atoms with Gasteiger partial charge in [0, 0.05) is 74.9 Å². The molecule has 1 fully saturated rings. The maximum Gasteiger partial charge on any atom is 0.307 e. The van der Waals surface area contributed by atoms with Gasteiger partial charge in [-0.3, -0.25) is 33.6 Å². The summed E-state index contributed by atoms with van der Waals surface area (Å²) in [5, 5.41) is 24.6. The van der Waals surface area contributed by atoms with E-state index in [2.05, 4.69) is 31.6 Å². The molecule has 17 nitrogen and oxygen atoms in total. The summed E-state index contributed by atoms with van der Waals surface area (Å²) in [7, 11) is 0. The Hall–Kier alpha value is -7.63. The molecule has 366 valence electrons. The van der Waals surface area contributed by atoms with Crippen LogP contribution in [0.2, 0.25) is 0 Å². The van der Waals surface area contributed by atoms with E-state index in [-0.39, 0.29) is 64.9 Å². The van der Waals surface area contributed by atoms with Crippen LogP contribution < -0.4 is 32.3 Å². The number of benzene rings is 4. The number of piperidine rings is 1. The van der Waals surface area contributed by atoms with Crippen LogP contribution in [0.5, 0.6) is 0 Å². The monoisotopic (exact) mass is 952 g/mol. The Labute approximate surface area is 406 Å². The fraction of sp³-hybridized carbons (Fsp3) is 0.340. The van der Waals surface area contributed by atoms with Crippen LogP contribution in [0.15, 0.2) is 115 Å². The lowest BCUT2D eigenvalue weighted by molar-refractivity contribution is -0.141. The van der Waals surface area contributed by atoms with E-state index < -0.39 is 58.9 Å². The molecule has 6 amide bonds. The molecule has 70 heavy (non-hydrogen) atoms. The third kappa shape index (κ3) is 13.5. The summed E-state index contributed by atoms with van der Waals surface area (Å²) in [6.07, 6.45) is 5.11. The molecule has 1 saturated heterocycles. The minimum atomic E-state index is -1.14. The number of amides is 6. The van der Waals surface area contributed by atoms with E-state index in [9.17, 15) is 38.7 Å². The van der Waals surface area contributed by atoms with Crippen LogP contribution in [0.3, 0.4) is 0 Å². The van der Waals surface area contributed by atoms with Gasteiger partial charge in [0.05, 0.1) is 31.5 Å². The van der Waals surface area contributed by atoms with Crippen molar-refractivity contribution in [3.8, 4) is 11.1 Å². The summed E-state index contributed by atoms with van der Waals surface area (Å²) in [5.74, 6) is -3.76. The lowest BCUT2D eigenvalue weighted by Crippen LogP contribution is -2.58. The number of carbonyl (C=O) groups excluding carboxylic acids is 6. The van der Waals surface area contributed by atoms with Gasteiger partial charge < -0.3 is 52.0 Å². The van der Waals surface area contributed by atoms with Gasteiger partial charge in [0.25, 0.3) is 0 Å². The molecule has 0 unspecified atom stereocenters. The first-order chi connectivity index (χ1) is 33.9. The lowest BCUT2D eigenvalue weighted by atomic mass is 9.74. The SMILES string of the molecule is NCCOCCNC(=O)[C@@H]1CCNC(=O)/C=C/C(=O)N2CCC[C@](Cc3ccccc3)(C2)C(=O)N[C@@H](Cc2ccc(-c3ccc4c(CC(=O)O)c[nH]c4c3)cc2)C(=O)NCc2ccccc2CC(=O)N1. The highest BCUT2D eigenvalue weighted by Gasteiger charge is 2.44. The Bertz CT molecular complexity index is 2700. The van der Waals surface area contributed by atoms with Crippen LogP contribution in [0.4, 0.5) is 0 Å². The van der Waals surface area contributed by atoms with Gasteiger partial charge in [0.2, 0.25) is 35.4 Å². The van der Waals surface area contributed by atoms with Crippen molar-refractivity contribution in [3.05, 3.63) is 143 Å². The first kappa shape index (κ1) is 50.3. The first-order valence-corrected chi connectivity index (χ1v) is 23.6. The molecule has 2 bridgehead atoms. The molecule has 0 saturated carbocycles. The number of H-pyrrole nitrogens is 1. The lowest BCUT2D eigenvalue weighted by Gasteiger charge is -2.42. The number of aromatic amines is 1. The smallest absolute Gasteiger partial charge is 0.307 e. The maximum absolute atomic E-state index is 15.0. The van der Waals surface area contributed by atoms with Crippen LogP contribution in [-0.4, -0.2) is 114 Å². The summed E-state index contributed by atoms with van der Waals surface area (Å²) in [6.45, 7) is 1.43. The molecule has 9 N–H and O–H groups in total. The molecule has 2 aliphatic heterocycles. The number of rotatable bonds is 13. The van der Waals surface area contributed by atoms with Gasteiger partial charge >= 0.3 is 5.97 Å². The Morgan fingerprint density at radius 1 is 0.843 bits per heavy atom. The topological polar surface area (TPSA) is 254 Å². The number of nitrogens with zero attached hydrogens (tertiary/aromatic N) is 1. The molecule has 17 heteroatoms. The molecule has 0 radical (unpaired) electrons. The fourth-order valence-corrected chi connectivity index (χ4v) is 9.08. The van der Waals surface area contributed by atoms with E-state index in [1.807, 2.05) is 72.8 Å². The third-order valence-electron chi connectivity index (χ3n) is 12.7. The standard InChI is InChI=1S/C53H60N8O9/c54-21-25-70-26-23-56-50(67)43-19-22-55-46(62)17-18-48(64)61-24-6-20-53(34-61,31-36-7-2-1-3-8-36)52(69)60-45(51(68)58-32-40-10-5-4-9-38(40)29-47(63)59-43)27-35-11-13-37(14-12-35)39-15-16-42-41(30-49(65)66)33-57-44(42)28-39/h1-5,7-18,28,33,43,45,57H,6,19-27,29-32,34,54H2,(H,55,62)(H,56,67)(H,58,68)(H,59,63)(H,60,69)(H,65,66)/b18-17+/t43-,45-,53-/m0/s1. The number of nitrogens with one attached hydrogen (secondary N) is 6. The molecule has 0 aliphatic carbocycles. The predicted octanol–water partition coefficient (Wildman–Crippen LogP) is 2.85. The number of carboxylic acids is 1. The zero-order valence-corrected chi connectivity index (χ0v) is 39.0. The highest BCUT2D eigenvalue weighted by Crippen LogP contribution is 2.35. The van der Waals surface area contributed by atoms with Gasteiger partial charge in [-0.15, -0.1) is 0 Å². The van der Waals surface area contributed by atoms with Crippen LogP contribution in [-0.2, 0) is 70.5 Å². The molecular weight excluding hydrogens is 893 g/mol. The van der Waals surface area contributed by atoms with Crippen molar-refractivity contribution in [1.82, 2.24) is 36.5 Å². The second-order valence-corrected chi connectivity index (χ2v) is 17.8. The summed E-state index contributed by atoms with van der Waals surface area (Å²) >= 11 is 0. The van der Waals surface area contributed by atoms with Gasteiger partial charge in [-0.05, 0) is 70.7 Å². The third-order valence-corrected chi connectivity index (χ3v) is 12.7. The molecule has 2 aliphatic rings. The normalized spacial score (nSPS) is 20.1. The van der Waals surface area contributed by atoms with Crippen LogP contribution in [0.1, 0.15) is 47.1 Å². The Morgan fingerprint density at radius 2 is 1.60 bits per heavy atom. The van der Waals surface area contributed by atoms with Crippen molar-refractivity contribution < 1.29 is 43.4 Å². The Kier molecular flexibility index (Phi) is 17.3. The summed E-state index contributed by atoms with van der Waals surface area (Å²) in [5.41, 5.74) is 10.5. The number of hydrogen-bond acceptors (Lipinski definition) is 9. The van der Waals surface area contributed by atoms with E-state index in [1.54, 1.807) is 35.4 Å². The van der Waals surface area contributed by atoms with Crippen LogP contribution in [0.25, 0.3) is 22.0 Å². The van der Waals surface area contributed by atoms with Crippen molar-refractivity contribution in [2.24, 2.45) is 11.1 Å². The zero-order chi connectivity index (χ0) is 49.5. The molecule has 7 rings (SSSR count). The van der Waals surface area contributed by atoms with Gasteiger partial charge in [-0.1, -0.05) is 91.0 Å². The van der Waals surface area contributed by atoms with Crippen molar-refractivity contribution in [1.29, 1.82) is 0 Å². The van der Waals surface area contributed by atoms with Crippen molar-refractivity contribution in [2.45, 2.75) is 63.6 Å². The average molecular weight is 953 g/mol. The van der Waals surface area contributed by atoms with Gasteiger partial charge in [-0.25, -0.2) is 0 Å². The molecular formula is C53H60N8O9. The van der Waals surface area contributed by atoms with Gasteiger partial charge in [0.1, 0.15) is 12.1 Å². The van der Waals surface area contributed by atoms with Crippen molar-refractivity contribution in [2.75, 3.05) is 45.9 Å². The quantitative estimate of drug-likeness (QED) is 0.0802. The summed E-state index contributed by atoms with van der Waals surface area (Å²) < 4.78 is 5.37. The van der Waals surface area contributed by atoms with E-state index >= 15 is 0 Å². The van der Waals surface area contributed by atoms with Crippen molar-refractivity contribution in [3.63, 3.8) is 0 Å². The van der Waals surface area contributed by atoms with Crippen LogP contribution >= 0.6 is 0 Å². The number of aliphatic carboxylic acids is 1. The maximum atomic E-state index is 15.0. The molecule has 3 atom stereocenters. The average Bonchev–Trinajstić information content (AvgIpc) is 3.75. The highest BCUT2D eigenvalue weighted by atomic mass is 16.5. The van der Waals surface area contributed by atoms with E-state index in [1.165, 1.54) is 0 Å². The molecule has 3 heterocycles. The fourth-order valence-electron chi connectivity index (χ4n) is 9.08. The molecule has 5 aromatic rings. The number of hydrogen-bond donors (Lipinski definition) is 8. The van der Waals surface area contributed by atoms with Gasteiger partial charge in [-0.2, -0.15) is 0 Å². The molecule has 1 aromatic heterocycles. The van der Waals surface area contributed by atoms with Crippen molar-refractivity contribution >= 4 is 52.3 Å². The largest absolute Gasteiger partial charge is 0.481 e. The predicted molar refractivity (Wildman–Crippen MR) is 263 cm³/mol. The minimum Gasteiger partial charge on any atom is -0.481 e. The number of fused-ring (bicyclic) bond motifs is 4. The zero-order valence-electron chi connectivity index (χ0n) is 39.0. The van der Waals surface area contributed by atoms with E-state index in [4.69, 9.17) is 10.5 Å². The summed E-state index contributed by atoms with van der Waals surface area (Å²) in [4.78, 5) is 99.4. The Morgan fingerprint density at radius 3 is 2.37 bits per heavy atom. The highest BCUT2D eigenvalue weighted by molar-refractivity contribution is 5.98. The number of carbonyl (C=O) groups is 7. The first-order valence-electron chi connectivity index (χ1n) is 23.6. The molecule has 0 spiro atoms. The second kappa shape index (κ2) is 24.1. The summed E-state index contributed by atoms with van der Waals surface area (Å²) in [6, 6.07) is 27.9. The Balaban J connectivity index is 1.18. The minimum absolute atomic E-state index is 0.0000595. The number of ether oxygens (including phenoxy) is 1. The van der Waals surface area contributed by atoms with E-state index in [0.717, 1.165) is 45.3 Å². The number of carboxylic acid groups (broad SMARTS) is 1. The number of nitrogens with two attached hydrogens (primary N) is 1. The second-order valence-electron chi connectivity index (χ2n) is 17.8.